The van der Waals surface area contributed by atoms with E-state index in [1.807, 2.05) is 0 Å². The van der Waals surface area contributed by atoms with E-state index in [2.05, 4.69) is 10.3 Å². The van der Waals surface area contributed by atoms with Crippen molar-refractivity contribution in [3.05, 3.63) is 72.4 Å². The number of aromatic nitrogens is 1. The number of amides is 2. The molecule has 2 aliphatic rings. The van der Waals surface area contributed by atoms with E-state index in [-0.39, 0.29) is 29.0 Å². The summed E-state index contributed by atoms with van der Waals surface area (Å²) in [5, 5.41) is 35.9. The summed E-state index contributed by atoms with van der Waals surface area (Å²) in [6.07, 6.45) is 2.51. The molecule has 14 nitrogen and oxygen atoms in total. The van der Waals surface area contributed by atoms with Gasteiger partial charge >= 0.3 is 5.97 Å². The lowest BCUT2D eigenvalue weighted by Gasteiger charge is -2.49. The normalized spacial score (nSPS) is 19.1. The number of carboxylic acids is 1. The van der Waals surface area contributed by atoms with Crippen LogP contribution in [0.25, 0.3) is 6.08 Å². The zero-order valence-electron chi connectivity index (χ0n) is 18.0. The number of carbonyl (C=O) groups excluding carboxylic acids is 2. The summed E-state index contributed by atoms with van der Waals surface area (Å²) in [6, 6.07) is 2.17. The fourth-order valence-electron chi connectivity index (χ4n) is 3.70. The largest absolute Gasteiger partial charge is 0.477 e. The summed E-state index contributed by atoms with van der Waals surface area (Å²) in [4.78, 5) is 62.9. The van der Waals surface area contributed by atoms with Gasteiger partial charge in [0.05, 0.1) is 33.6 Å². The molecule has 3 heterocycles. The number of rotatable bonds is 8. The van der Waals surface area contributed by atoms with Crippen LogP contribution >= 0.6 is 23.1 Å². The Bertz CT molecular complexity index is 1370. The van der Waals surface area contributed by atoms with Crippen LogP contribution in [0.1, 0.15) is 11.3 Å². The second-order valence-corrected chi connectivity index (χ2v) is 9.57. The van der Waals surface area contributed by atoms with Crippen molar-refractivity contribution >= 4 is 63.5 Å². The van der Waals surface area contributed by atoms with E-state index in [0.717, 1.165) is 17.0 Å². The number of benzene rings is 1. The third kappa shape index (κ3) is 4.76. The van der Waals surface area contributed by atoms with Crippen LogP contribution in [0.2, 0.25) is 0 Å². The van der Waals surface area contributed by atoms with Crippen molar-refractivity contribution in [1.82, 2.24) is 15.2 Å². The molecule has 16 heteroatoms. The number of nitrogen functional groups attached to an aromatic ring is 1. The number of allylic oxidation sites excluding steroid dienone is 1. The van der Waals surface area contributed by atoms with Crippen molar-refractivity contribution in [2.24, 2.45) is 0 Å². The molecule has 186 valence electrons. The Morgan fingerprint density at radius 1 is 1.28 bits per heavy atom. The Balaban J connectivity index is 1.54. The van der Waals surface area contributed by atoms with Gasteiger partial charge < -0.3 is 16.2 Å². The number of thioether (sulfide) groups is 1. The SMILES string of the molecule is Nc1nc(CC(=O)N[C@@H]2C(=O)N3C(C(=O)O)=C(/C=C/c4ccc([N+](=O)[O-])cc4[N+](=O)[O-])CS[C@@H]23)cs1. The third-order valence-corrected chi connectivity index (χ3v) is 7.34. The highest BCUT2D eigenvalue weighted by atomic mass is 32.2. The molecule has 1 aromatic heterocycles. The van der Waals surface area contributed by atoms with Gasteiger partial charge in [-0.05, 0) is 17.7 Å². The van der Waals surface area contributed by atoms with E-state index in [1.165, 1.54) is 41.3 Å². The standard InChI is InChI=1S/C20H16N6O8S2/c21-20-22-11(8-36-20)5-14(27)23-15-17(28)24-16(19(29)30)10(7-35-18(15)24)2-1-9-3-4-12(25(31)32)6-13(9)26(33)34/h1-4,6,8,15,18H,5,7H2,(H2,21,22)(H,23,27)(H,29,30)/b2-1+/t15-,18+/m1/s1. The second kappa shape index (κ2) is 9.74. The Morgan fingerprint density at radius 3 is 2.64 bits per heavy atom. The predicted molar refractivity (Wildman–Crippen MR) is 129 cm³/mol. The Labute approximate surface area is 209 Å². The third-order valence-electron chi connectivity index (χ3n) is 5.31. The van der Waals surface area contributed by atoms with Crippen LogP contribution in [0.3, 0.4) is 0 Å². The van der Waals surface area contributed by atoms with E-state index in [9.17, 15) is 39.7 Å². The maximum Gasteiger partial charge on any atom is 0.352 e. The van der Waals surface area contributed by atoms with E-state index in [4.69, 9.17) is 5.73 Å². The van der Waals surface area contributed by atoms with Crippen molar-refractivity contribution < 1.29 is 29.3 Å². The molecule has 1 saturated heterocycles. The van der Waals surface area contributed by atoms with Gasteiger partial charge in [0.2, 0.25) is 5.91 Å². The number of carbonyl (C=O) groups is 3. The molecule has 2 atom stereocenters. The number of thiazole rings is 1. The molecule has 36 heavy (non-hydrogen) atoms. The highest BCUT2D eigenvalue weighted by Crippen LogP contribution is 2.41. The fraction of sp³-hybridized carbons (Fsp3) is 0.200. The highest BCUT2D eigenvalue weighted by Gasteiger charge is 2.53. The summed E-state index contributed by atoms with van der Waals surface area (Å²) in [6.45, 7) is 0. The van der Waals surface area contributed by atoms with Crippen molar-refractivity contribution in [2.75, 3.05) is 11.5 Å². The lowest BCUT2D eigenvalue weighted by Crippen LogP contribution is -2.70. The Hall–Kier alpha value is -4.31. The minimum absolute atomic E-state index is 0.0257. The minimum atomic E-state index is -1.38. The Kier molecular flexibility index (Phi) is 6.71. The molecule has 0 unspecified atom stereocenters. The molecule has 2 amide bonds. The lowest BCUT2D eigenvalue weighted by molar-refractivity contribution is -0.394. The molecular formula is C20H16N6O8S2. The van der Waals surface area contributed by atoms with Gasteiger partial charge in [-0.2, -0.15) is 0 Å². The molecule has 0 radical (unpaired) electrons. The molecule has 2 aromatic rings. The first-order chi connectivity index (χ1) is 17.1. The number of aliphatic carboxylic acids is 1. The highest BCUT2D eigenvalue weighted by molar-refractivity contribution is 8.00. The van der Waals surface area contributed by atoms with Crippen molar-refractivity contribution in [2.45, 2.75) is 17.8 Å². The van der Waals surface area contributed by atoms with Gasteiger partial charge in [-0.25, -0.2) is 9.78 Å². The van der Waals surface area contributed by atoms with E-state index < -0.39 is 50.4 Å². The number of non-ortho nitro benzene ring substituents is 1. The first-order valence-corrected chi connectivity index (χ1v) is 12.0. The topological polar surface area (TPSA) is 212 Å². The summed E-state index contributed by atoms with van der Waals surface area (Å²) < 4.78 is 0. The van der Waals surface area contributed by atoms with E-state index >= 15 is 0 Å². The molecule has 0 spiro atoms. The van der Waals surface area contributed by atoms with Gasteiger partial charge in [0, 0.05) is 17.2 Å². The first kappa shape index (κ1) is 24.8. The van der Waals surface area contributed by atoms with Gasteiger partial charge in [-0.1, -0.05) is 6.08 Å². The molecule has 0 bridgehead atoms. The van der Waals surface area contributed by atoms with E-state index in [0.29, 0.717) is 10.8 Å². The maximum absolute atomic E-state index is 12.8. The number of nitrogens with zero attached hydrogens (tertiary/aromatic N) is 4. The van der Waals surface area contributed by atoms with Crippen LogP contribution in [0.5, 0.6) is 0 Å². The summed E-state index contributed by atoms with van der Waals surface area (Å²) in [5.41, 5.74) is 4.95. The molecule has 4 rings (SSSR count). The quantitative estimate of drug-likeness (QED) is 0.252. The van der Waals surface area contributed by atoms with Gasteiger partial charge in [-0.3, -0.25) is 34.7 Å². The Morgan fingerprint density at radius 2 is 2.03 bits per heavy atom. The molecular weight excluding hydrogens is 516 g/mol. The molecule has 0 saturated carbocycles. The van der Waals surface area contributed by atoms with E-state index in [1.54, 1.807) is 5.38 Å². The number of carboxylic acid groups (broad SMARTS) is 1. The van der Waals surface area contributed by atoms with Gasteiger partial charge in [0.15, 0.2) is 5.13 Å². The number of nitrogens with one attached hydrogen (secondary N) is 1. The van der Waals surface area contributed by atoms with Crippen LogP contribution in [0.15, 0.2) is 40.9 Å². The first-order valence-electron chi connectivity index (χ1n) is 10.1. The number of nitro benzene ring substituents is 2. The monoisotopic (exact) mass is 532 g/mol. The van der Waals surface area contributed by atoms with Gasteiger partial charge in [0.1, 0.15) is 17.1 Å². The van der Waals surface area contributed by atoms with Gasteiger partial charge in [-0.15, -0.1) is 23.1 Å². The van der Waals surface area contributed by atoms with Crippen LogP contribution in [0, 0.1) is 20.2 Å². The number of hydrogen-bond donors (Lipinski definition) is 3. The minimum Gasteiger partial charge on any atom is -0.477 e. The van der Waals surface area contributed by atoms with Gasteiger partial charge in [0.25, 0.3) is 17.3 Å². The fourth-order valence-corrected chi connectivity index (χ4v) is 5.58. The average Bonchev–Trinajstić information content (AvgIpc) is 3.24. The zero-order valence-corrected chi connectivity index (χ0v) is 19.7. The molecule has 2 aliphatic heterocycles. The molecule has 4 N–H and O–H groups in total. The average molecular weight is 533 g/mol. The number of anilines is 1. The van der Waals surface area contributed by atoms with Crippen LogP contribution < -0.4 is 11.1 Å². The van der Waals surface area contributed by atoms with Crippen molar-refractivity contribution in [3.63, 3.8) is 0 Å². The smallest absolute Gasteiger partial charge is 0.352 e. The molecule has 0 aliphatic carbocycles. The predicted octanol–water partition coefficient (Wildman–Crippen LogP) is 1.54. The van der Waals surface area contributed by atoms with Crippen LogP contribution in [-0.2, 0) is 20.8 Å². The summed E-state index contributed by atoms with van der Waals surface area (Å²) >= 11 is 2.40. The number of fused-ring (bicyclic) bond motifs is 1. The van der Waals surface area contributed by atoms with Crippen molar-refractivity contribution in [1.29, 1.82) is 0 Å². The molecule has 1 aromatic carbocycles. The van der Waals surface area contributed by atoms with Crippen LogP contribution in [0.4, 0.5) is 16.5 Å². The van der Waals surface area contributed by atoms with Crippen molar-refractivity contribution in [3.8, 4) is 0 Å². The summed E-state index contributed by atoms with van der Waals surface area (Å²) in [5.74, 6) is -2.31. The number of nitro groups is 2. The molecule has 1 fully saturated rings. The second-order valence-electron chi connectivity index (χ2n) is 7.58. The number of β-lactam (4-membered cyclic amide) rings is 1. The number of hydrogen-bond acceptors (Lipinski definition) is 11. The maximum atomic E-state index is 12.8. The van der Waals surface area contributed by atoms with Crippen LogP contribution in [-0.4, -0.2) is 59.8 Å². The number of nitrogens with two attached hydrogens (primary N) is 1. The zero-order chi connectivity index (χ0) is 26.1. The summed E-state index contributed by atoms with van der Waals surface area (Å²) in [7, 11) is 0. The lowest BCUT2D eigenvalue weighted by atomic mass is 10.0.